The number of pyridine rings is 1. The van der Waals surface area contributed by atoms with Crippen molar-refractivity contribution in [3.05, 3.63) is 89.6 Å². The molecule has 0 radical (unpaired) electrons. The Kier molecular flexibility index (Phi) is 13.3. The average Bonchev–Trinajstić information content (AvgIpc) is 4.11. The predicted octanol–water partition coefficient (Wildman–Crippen LogP) is 5.38. The molecule has 7 heterocycles. The molecule has 3 aromatic carbocycles. The average molecular weight is 1020 g/mol. The van der Waals surface area contributed by atoms with Crippen molar-refractivity contribution in [1.82, 2.24) is 39.9 Å². The molecule has 1 saturated carbocycles. The maximum absolute atomic E-state index is 17.3. The highest BCUT2D eigenvalue weighted by molar-refractivity contribution is 6.06. The minimum atomic E-state index is -0.849. The minimum Gasteiger partial charge on any atom is -0.508 e. The fourth-order valence-corrected chi connectivity index (χ4v) is 11.8. The van der Waals surface area contributed by atoms with Gasteiger partial charge in [-0.05, 0) is 91.4 Å². The number of rotatable bonds is 13. The van der Waals surface area contributed by atoms with Gasteiger partial charge in [0.15, 0.2) is 5.82 Å². The zero-order chi connectivity index (χ0) is 52.1. The van der Waals surface area contributed by atoms with Gasteiger partial charge in [0.1, 0.15) is 34.6 Å². The Labute approximate surface area is 432 Å². The van der Waals surface area contributed by atoms with E-state index >= 15 is 8.78 Å². The van der Waals surface area contributed by atoms with E-state index in [1.54, 1.807) is 9.80 Å². The van der Waals surface area contributed by atoms with Crippen molar-refractivity contribution in [3.63, 3.8) is 0 Å². The van der Waals surface area contributed by atoms with E-state index in [4.69, 9.17) is 16.1 Å². The molecular formula is C56H57F2N11O6. The molecule has 5 aromatic rings. The van der Waals surface area contributed by atoms with Gasteiger partial charge in [-0.2, -0.15) is 15.2 Å². The van der Waals surface area contributed by atoms with E-state index < -0.39 is 29.6 Å². The number of aromatic nitrogens is 3. The number of imide groups is 1. The topological polar surface area (TPSA) is 192 Å². The van der Waals surface area contributed by atoms with Crippen LogP contribution in [0.3, 0.4) is 0 Å². The number of carbonyl (C=O) groups is 4. The SMILES string of the molecule is C#Cc1c(F)ccc2cc(O)cc(-c3ncc4c(N5CCN(C(=O)C=C)[C@@H](CC#N)C5)nc(OCC5(CN6CCN(CC7CCN(c8ccc9c(c8)CN(C8CCC(=O)NC8=O)C9=O)CC7)CC6)CC5)nc4c3F)c12. The van der Waals surface area contributed by atoms with Gasteiger partial charge in [-0.1, -0.05) is 18.6 Å². The summed E-state index contributed by atoms with van der Waals surface area (Å²) in [5.41, 5.74) is 2.15. The molecule has 19 heteroatoms. The zero-order valence-corrected chi connectivity index (χ0v) is 41.6. The van der Waals surface area contributed by atoms with Crippen molar-refractivity contribution in [3.8, 4) is 41.4 Å². The molecular weight excluding hydrogens is 961 g/mol. The number of phenolic OH excluding ortho intramolecular Hbond substituents is 1. The second-order valence-electron chi connectivity index (χ2n) is 20.9. The molecule has 1 unspecified atom stereocenters. The number of hydrogen-bond donors (Lipinski definition) is 2. The number of nitrogens with zero attached hydrogens (tertiary/aromatic N) is 10. The number of hydrogen-bond acceptors (Lipinski definition) is 14. The number of aromatic hydroxyl groups is 1. The second kappa shape index (κ2) is 20.2. The standard InChI is InChI=1S/C56H57F2N11O6/c1-3-40-44(57)8-5-35-26-39(70)27-42(48(35)40)50-49(58)51-43(28-60-50)52(67-23-24-68(47(72)4-2)38(31-67)11-16-59)63-55(62-51)75-33-56(14-15-56)32-65-21-19-64(20-22-65)29-34-12-17-66(18-13-34)37-6-7-41-36(25-37)30-69(54(41)74)45-9-10-46(71)61-53(45)73/h1,4-8,25-28,34,38,45,70H,2,9-15,17-24,29-33H2,(H,61,71,73)/t38-,45?/m0/s1. The Morgan fingerprint density at radius 2 is 1.75 bits per heavy atom. The first-order chi connectivity index (χ1) is 36.3. The molecule has 2 atom stereocenters. The summed E-state index contributed by atoms with van der Waals surface area (Å²) in [6.45, 7) is 12.5. The van der Waals surface area contributed by atoms with Crippen LogP contribution in [-0.2, 0) is 20.9 Å². The summed E-state index contributed by atoms with van der Waals surface area (Å²) in [5, 5.41) is 23.7. The van der Waals surface area contributed by atoms with Gasteiger partial charge in [0.05, 0.1) is 36.1 Å². The van der Waals surface area contributed by atoms with E-state index in [0.29, 0.717) is 48.8 Å². The highest BCUT2D eigenvalue weighted by Crippen LogP contribution is 2.47. The van der Waals surface area contributed by atoms with Crippen LogP contribution in [0.5, 0.6) is 11.8 Å². The summed E-state index contributed by atoms with van der Waals surface area (Å²) in [6, 6.07) is 12.4. The lowest BCUT2D eigenvalue weighted by Crippen LogP contribution is -2.55. The third-order valence-corrected chi connectivity index (χ3v) is 16.2. The van der Waals surface area contributed by atoms with Crippen molar-refractivity contribution >= 4 is 56.8 Å². The summed E-state index contributed by atoms with van der Waals surface area (Å²) >= 11 is 0. The number of nitrogens with one attached hydrogen (secondary N) is 1. The first-order valence-corrected chi connectivity index (χ1v) is 25.8. The van der Waals surface area contributed by atoms with Crippen LogP contribution in [0.2, 0.25) is 0 Å². The Bertz CT molecular complexity index is 3250. The Balaban J connectivity index is 0.744. The molecule has 6 aliphatic rings. The number of fused-ring (bicyclic) bond motifs is 3. The highest BCUT2D eigenvalue weighted by Gasteiger charge is 2.46. The van der Waals surface area contributed by atoms with E-state index in [1.807, 2.05) is 17.0 Å². The molecule has 4 saturated heterocycles. The van der Waals surface area contributed by atoms with Gasteiger partial charge in [0.2, 0.25) is 17.7 Å². The van der Waals surface area contributed by atoms with Gasteiger partial charge in [-0.25, -0.2) is 8.78 Å². The van der Waals surface area contributed by atoms with Gasteiger partial charge >= 0.3 is 6.01 Å². The van der Waals surface area contributed by atoms with Gasteiger partial charge in [-0.3, -0.25) is 29.5 Å². The molecule has 5 fully saturated rings. The Morgan fingerprint density at radius 1 is 0.960 bits per heavy atom. The molecule has 2 N–H and O–H groups in total. The number of amides is 4. The summed E-state index contributed by atoms with van der Waals surface area (Å²) in [5.74, 6) is 0.386. The first-order valence-electron chi connectivity index (χ1n) is 25.8. The predicted molar refractivity (Wildman–Crippen MR) is 275 cm³/mol. The van der Waals surface area contributed by atoms with Crippen molar-refractivity contribution in [2.45, 2.75) is 63.6 Å². The van der Waals surface area contributed by atoms with Crippen LogP contribution in [0.4, 0.5) is 20.3 Å². The van der Waals surface area contributed by atoms with Crippen LogP contribution in [0.1, 0.15) is 66.4 Å². The lowest BCUT2D eigenvalue weighted by Gasteiger charge is -2.41. The third kappa shape index (κ3) is 9.66. The molecule has 2 aromatic heterocycles. The van der Waals surface area contributed by atoms with Gasteiger partial charge in [0.25, 0.3) is 5.91 Å². The van der Waals surface area contributed by atoms with E-state index in [0.717, 1.165) is 89.3 Å². The summed E-state index contributed by atoms with van der Waals surface area (Å²) in [7, 11) is 0. The monoisotopic (exact) mass is 1020 g/mol. The van der Waals surface area contributed by atoms with Crippen LogP contribution < -0.4 is 19.9 Å². The fourth-order valence-electron chi connectivity index (χ4n) is 11.8. The summed E-state index contributed by atoms with van der Waals surface area (Å²) < 4.78 is 38.9. The number of halogens is 2. The molecule has 5 aliphatic heterocycles. The summed E-state index contributed by atoms with van der Waals surface area (Å²) in [4.78, 5) is 76.9. The molecule has 386 valence electrons. The lowest BCUT2D eigenvalue weighted by atomic mass is 9.95. The maximum atomic E-state index is 17.3. The number of carbonyl (C=O) groups excluding carboxylic acids is 4. The quantitative estimate of drug-likeness (QED) is 0.0868. The molecule has 17 nitrogen and oxygen atoms in total. The number of piperazine rings is 2. The molecule has 4 amide bonds. The molecule has 11 rings (SSSR count). The van der Waals surface area contributed by atoms with Crippen molar-refractivity contribution in [2.24, 2.45) is 11.3 Å². The van der Waals surface area contributed by atoms with Crippen molar-refractivity contribution < 1.29 is 37.8 Å². The first kappa shape index (κ1) is 49.5. The largest absolute Gasteiger partial charge is 0.508 e. The Hall–Kier alpha value is -7.74. The maximum Gasteiger partial charge on any atom is 0.319 e. The van der Waals surface area contributed by atoms with E-state index in [-0.39, 0.29) is 93.9 Å². The molecule has 0 spiro atoms. The van der Waals surface area contributed by atoms with Gasteiger partial charge in [-0.15, -0.1) is 6.42 Å². The van der Waals surface area contributed by atoms with Crippen LogP contribution in [0, 0.1) is 46.6 Å². The van der Waals surface area contributed by atoms with E-state index in [9.17, 15) is 29.5 Å². The van der Waals surface area contributed by atoms with Crippen LogP contribution in [-0.4, -0.2) is 154 Å². The number of phenols is 1. The normalized spacial score (nSPS) is 21.3. The minimum absolute atomic E-state index is 0.0454. The van der Waals surface area contributed by atoms with Gasteiger partial charge in [0, 0.05) is 119 Å². The number of ether oxygens (including phenoxy) is 1. The number of anilines is 2. The number of terminal acetylenes is 1. The van der Waals surface area contributed by atoms with Crippen LogP contribution >= 0.6 is 0 Å². The number of nitriles is 1. The highest BCUT2D eigenvalue weighted by atomic mass is 19.1. The fraction of sp³-hybridized carbons (Fsp3) is 0.429. The molecule has 75 heavy (non-hydrogen) atoms. The van der Waals surface area contributed by atoms with Crippen LogP contribution in [0.15, 0.2) is 61.3 Å². The molecule has 0 bridgehead atoms. The lowest BCUT2D eigenvalue weighted by molar-refractivity contribution is -0.137. The smallest absolute Gasteiger partial charge is 0.319 e. The Morgan fingerprint density at radius 3 is 2.48 bits per heavy atom. The van der Waals surface area contributed by atoms with E-state index in [2.05, 4.69) is 54.6 Å². The summed E-state index contributed by atoms with van der Waals surface area (Å²) in [6.07, 6.45) is 13.1. The van der Waals surface area contributed by atoms with Crippen molar-refractivity contribution in [2.75, 3.05) is 88.4 Å². The number of benzene rings is 3. The van der Waals surface area contributed by atoms with Gasteiger partial charge < -0.3 is 39.2 Å². The third-order valence-electron chi connectivity index (χ3n) is 16.2. The number of piperidine rings is 2. The van der Waals surface area contributed by atoms with Crippen LogP contribution in [0.25, 0.3) is 32.9 Å². The van der Waals surface area contributed by atoms with E-state index in [1.165, 1.54) is 36.5 Å². The second-order valence-corrected chi connectivity index (χ2v) is 20.9. The molecule has 1 aliphatic carbocycles. The zero-order valence-electron chi connectivity index (χ0n) is 41.6. The van der Waals surface area contributed by atoms with Crippen molar-refractivity contribution in [1.29, 1.82) is 5.26 Å².